The molecule has 1 amide bonds. The zero-order chi connectivity index (χ0) is 59.3. The number of carbonyl (C=O) groups excluding carboxylic acids is 4. The van der Waals surface area contributed by atoms with Gasteiger partial charge in [-0.3, -0.25) is 34.6 Å². The number of nitro groups is 2. The molecule has 6 aromatic rings. The van der Waals surface area contributed by atoms with Crippen molar-refractivity contribution in [3.8, 4) is 0 Å². The summed E-state index contributed by atoms with van der Waals surface area (Å²) in [4.78, 5) is 65.4. The number of nitrogens with two attached hydrogens (primary N) is 1. The van der Waals surface area contributed by atoms with Crippen LogP contribution in [-0.4, -0.2) is 83.9 Å². The van der Waals surface area contributed by atoms with Gasteiger partial charge in [-0.25, -0.2) is 0 Å². The fraction of sp³-hybridized carbons (Fsp3) is 0.379. The molecule has 82 heavy (non-hydrogen) atoms. The maximum atomic E-state index is 13.2. The number of halogens is 6. The molecule has 0 bridgehead atoms. The van der Waals surface area contributed by atoms with Crippen molar-refractivity contribution in [2.24, 2.45) is 5.73 Å². The molecule has 2 fully saturated rings. The number of carboxylic acid groups (broad SMARTS) is 1. The smallest absolute Gasteiger partial charge is 0.542 e. The molecular weight excluding hydrogens is 1080 g/mol. The minimum Gasteiger partial charge on any atom is -0.542 e. The van der Waals surface area contributed by atoms with Crippen LogP contribution in [-0.2, 0) is 53.8 Å². The number of hydrogen-bond donors (Lipinski definition) is 4. The molecule has 0 aliphatic heterocycles. The van der Waals surface area contributed by atoms with E-state index in [9.17, 15) is 70.9 Å². The summed E-state index contributed by atoms with van der Waals surface area (Å²) in [6.07, 6.45) is -3.94. The normalized spacial score (nSPS) is 16.7. The predicted octanol–water partition coefficient (Wildman–Crippen LogP) is 7.48. The summed E-state index contributed by atoms with van der Waals surface area (Å²) in [5.74, 6) is -3.72. The molecule has 0 atom stereocenters. The number of rotatable bonds is 19. The first-order chi connectivity index (χ1) is 38.6. The van der Waals surface area contributed by atoms with E-state index in [-0.39, 0.29) is 80.5 Å². The third kappa shape index (κ3) is 20.8. The molecule has 0 unspecified atom stereocenters. The molecule has 5 N–H and O–H groups in total. The molecule has 0 heterocycles. The maximum absolute atomic E-state index is 13.2. The Morgan fingerprint density at radius 2 is 0.951 bits per heavy atom. The van der Waals surface area contributed by atoms with E-state index in [1.807, 2.05) is 92.7 Å². The van der Waals surface area contributed by atoms with E-state index in [1.165, 1.54) is 12.1 Å². The summed E-state index contributed by atoms with van der Waals surface area (Å²) in [5, 5.41) is 44.8. The number of fused-ring (bicyclic) bond motifs is 2. The fourth-order valence-corrected chi connectivity index (χ4v) is 9.19. The molecule has 0 spiro atoms. The number of amides is 1. The number of nitrogens with one attached hydrogen (secondary N) is 3. The molecule has 24 heteroatoms. The molecule has 17 nitrogen and oxygen atoms in total. The third-order valence-electron chi connectivity index (χ3n) is 13.1. The second kappa shape index (κ2) is 32.3. The molecule has 0 saturated heterocycles. The Morgan fingerprint density at radius 1 is 0.561 bits per heavy atom. The first kappa shape index (κ1) is 67.1. The van der Waals surface area contributed by atoms with Crippen LogP contribution in [0.2, 0.25) is 0 Å². The summed E-state index contributed by atoms with van der Waals surface area (Å²) in [7, 11) is 0. The zero-order valence-electron chi connectivity index (χ0n) is 45.5. The molecule has 2 aliphatic rings. The number of hydrogen-bond acceptors (Lipinski definition) is 14. The second-order valence-corrected chi connectivity index (χ2v) is 18.8. The van der Waals surface area contributed by atoms with Gasteiger partial charge >= 0.3 is 31.2 Å². The van der Waals surface area contributed by atoms with Crippen LogP contribution < -0.4 is 45.7 Å². The monoisotopic (exact) mass is 1140 g/mol. The average molecular weight is 1140 g/mol. The number of carboxylic acids is 1. The number of nitrogens with zero attached hydrogens (tertiary/aromatic N) is 2. The number of anilines is 2. The Kier molecular flexibility index (Phi) is 26.4. The largest absolute Gasteiger partial charge is 1.00 e. The van der Waals surface area contributed by atoms with E-state index in [1.54, 1.807) is 6.07 Å². The summed E-state index contributed by atoms with van der Waals surface area (Å²) in [5.41, 5.74) is 2.80. The Balaban J connectivity index is 0.000000285. The van der Waals surface area contributed by atoms with E-state index < -0.39 is 68.1 Å². The van der Waals surface area contributed by atoms with Crippen molar-refractivity contribution in [2.45, 2.75) is 115 Å². The van der Waals surface area contributed by atoms with E-state index in [4.69, 9.17) is 15.2 Å². The Bertz CT molecular complexity index is 3110. The van der Waals surface area contributed by atoms with Gasteiger partial charge in [0.05, 0.1) is 35.3 Å². The Morgan fingerprint density at radius 3 is 1.33 bits per heavy atom. The maximum Gasteiger partial charge on any atom is 1.00 e. The number of ether oxygens (including phenoxy) is 2. The van der Waals surface area contributed by atoms with Crippen molar-refractivity contribution >= 4 is 67.7 Å². The standard InChI is InChI=1S/C28H28F3N3O5.C15H20F3N3O3.C13H10O3.C2H6.Li/c29-28(30,31)24-17-22(9-12-25(24)34(37)38)33-21-7-10-23(11-8-21)39-14-13-32-27(36)26(35)16-18-5-6-19-3-1-2-4-20(19)15-18;16-15(17,18)13-9-11(3-6-14(13)21(22)23)20-10-1-4-12(5-2-10)24-8-7-19;14-12(13(15)16)8-9-5-6-10-3-1-2-4-11(10)7-9;1-2;/h1-6,9,12,15,17,21,23,33H,7-8,10-11,13-14,16H2,(H,32,36);3,6,9-10,12,20H,1-2,4-5,7-8,19H2;1-7H,8H2,(H,15,16);1-2H3;/q;;;;+1/p-1. The van der Waals surface area contributed by atoms with Gasteiger partial charge in [0.2, 0.25) is 5.78 Å². The van der Waals surface area contributed by atoms with Gasteiger partial charge in [-0.1, -0.05) is 98.8 Å². The van der Waals surface area contributed by atoms with Gasteiger partial charge < -0.3 is 41.1 Å². The minimum atomic E-state index is -4.83. The van der Waals surface area contributed by atoms with E-state index in [0.717, 1.165) is 77.1 Å². The summed E-state index contributed by atoms with van der Waals surface area (Å²) in [6, 6.07) is 32.4. The fourth-order valence-electron chi connectivity index (χ4n) is 9.19. The quantitative estimate of drug-likeness (QED) is 0.0153. The predicted molar refractivity (Wildman–Crippen MR) is 291 cm³/mol. The molecule has 8 rings (SSSR count). The van der Waals surface area contributed by atoms with Gasteiger partial charge in [-0.15, -0.1) is 0 Å². The average Bonchev–Trinajstić information content (AvgIpc) is 3.66. The number of aliphatic carboxylic acids is 1. The van der Waals surface area contributed by atoms with Gasteiger partial charge in [-0.05, 0) is 108 Å². The number of benzene rings is 6. The summed E-state index contributed by atoms with van der Waals surface area (Å²) < 4.78 is 89.9. The number of carbonyl (C=O) groups is 4. The number of nitro benzene ring substituents is 2. The SMILES string of the molecule is CC.NCCOC1CCC(Nc2ccc([N+](=O)[O-])c(C(F)(F)F)c2)CC1.O=C(Cc1ccc2ccccc2c1)C(=O)NCCOC1CCC(Nc2ccc([N+](=O)[O-])c(C(F)(F)F)c2)CC1.O=C([O-])C(=O)Cc1ccc2ccccc2c1.[Li+]. The van der Waals surface area contributed by atoms with Crippen molar-refractivity contribution in [1.82, 2.24) is 5.32 Å². The van der Waals surface area contributed by atoms with Crippen molar-refractivity contribution in [3.05, 3.63) is 164 Å². The van der Waals surface area contributed by atoms with Crippen molar-refractivity contribution < 1.29 is 88.8 Å². The van der Waals surface area contributed by atoms with E-state index >= 15 is 0 Å². The van der Waals surface area contributed by atoms with Crippen molar-refractivity contribution in [1.29, 1.82) is 0 Å². The van der Waals surface area contributed by atoms with Gasteiger partial charge in [0.1, 0.15) is 17.1 Å². The van der Waals surface area contributed by atoms with Crippen LogP contribution in [0.25, 0.3) is 21.5 Å². The van der Waals surface area contributed by atoms with Crippen LogP contribution in [0, 0.1) is 20.2 Å². The van der Waals surface area contributed by atoms with Gasteiger partial charge in [0.15, 0.2) is 5.78 Å². The van der Waals surface area contributed by atoms with Crippen LogP contribution >= 0.6 is 0 Å². The number of ketones is 2. The summed E-state index contributed by atoms with van der Waals surface area (Å²) >= 11 is 0. The van der Waals surface area contributed by atoms with Crippen LogP contribution in [0.3, 0.4) is 0 Å². The first-order valence-electron chi connectivity index (χ1n) is 26.3. The molecule has 2 aliphatic carbocycles. The van der Waals surface area contributed by atoms with Crippen LogP contribution in [0.15, 0.2) is 121 Å². The van der Waals surface area contributed by atoms with Gasteiger partial charge in [0.25, 0.3) is 17.3 Å². The Labute approximate surface area is 481 Å². The molecule has 2 saturated carbocycles. The van der Waals surface area contributed by atoms with Crippen LogP contribution in [0.5, 0.6) is 0 Å². The Hall–Kier alpha value is -7.42. The van der Waals surface area contributed by atoms with Crippen molar-refractivity contribution in [3.63, 3.8) is 0 Å². The van der Waals surface area contributed by atoms with Crippen LogP contribution in [0.4, 0.5) is 49.1 Å². The second-order valence-electron chi connectivity index (χ2n) is 18.8. The van der Waals surface area contributed by atoms with E-state index in [0.29, 0.717) is 44.4 Å². The molecular formula is C58H63F6LiN6O11. The third-order valence-corrected chi connectivity index (χ3v) is 13.1. The van der Waals surface area contributed by atoms with Crippen molar-refractivity contribution in [2.75, 3.05) is 36.9 Å². The topological polar surface area (TPSA) is 258 Å². The van der Waals surface area contributed by atoms with Crippen LogP contribution in [0.1, 0.15) is 87.5 Å². The zero-order valence-corrected chi connectivity index (χ0v) is 45.5. The summed E-state index contributed by atoms with van der Waals surface area (Å²) in [6.45, 7) is 5.37. The number of Topliss-reactive ketones (excluding diaryl/α,β-unsaturated/α-hetero) is 2. The number of alkyl halides is 6. The molecule has 434 valence electrons. The van der Waals surface area contributed by atoms with Gasteiger partial charge in [-0.2, -0.15) is 26.3 Å². The minimum absolute atomic E-state index is 0. The molecule has 0 aromatic heterocycles. The van der Waals surface area contributed by atoms with E-state index in [2.05, 4.69) is 16.0 Å². The first-order valence-corrected chi connectivity index (χ1v) is 26.3. The van der Waals surface area contributed by atoms with Gasteiger partial charge in [0, 0.05) is 61.5 Å². The molecule has 0 radical (unpaired) electrons. The molecule has 6 aromatic carbocycles.